The van der Waals surface area contributed by atoms with Crippen LogP contribution >= 0.6 is 12.0 Å². The Bertz CT molecular complexity index is 940. The average molecular weight is 466 g/mol. The van der Waals surface area contributed by atoms with E-state index < -0.39 is 27.7 Å². The number of rotatable bonds is 14. The molecule has 0 fully saturated rings. The number of nitrogens with one attached hydrogen (secondary N) is 5. The number of aromatic carboxylic acids is 1. The molecule has 19 heteroatoms. The molecule has 0 aliphatic heterocycles. The number of hydroxylamine groups is 1. The number of aromatic amines is 1. The lowest BCUT2D eigenvalue weighted by Gasteiger charge is -2.08. The quantitative estimate of drug-likeness (QED) is 0.0545. The largest absolute Gasteiger partial charge is 0.475 e. The molecule has 0 radical (unpaired) electrons. The van der Waals surface area contributed by atoms with Crippen LogP contribution in [0.4, 0.5) is 17.8 Å². The molecule has 0 unspecified atom stereocenters. The zero-order valence-electron chi connectivity index (χ0n) is 15.3. The Morgan fingerprint density at radius 2 is 1.97 bits per heavy atom. The Morgan fingerprint density at radius 1 is 1.20 bits per heavy atom. The van der Waals surface area contributed by atoms with Crippen LogP contribution < -0.4 is 21.4 Å². The predicted molar refractivity (Wildman–Crippen MR) is 101 cm³/mol. The molecule has 0 aliphatic carbocycles. The molecule has 0 spiro atoms. The van der Waals surface area contributed by atoms with Crippen molar-refractivity contribution in [3.05, 3.63) is 5.82 Å². The topological polar surface area (TPSA) is 238 Å². The lowest BCUT2D eigenvalue weighted by Crippen LogP contribution is -2.28. The van der Waals surface area contributed by atoms with Gasteiger partial charge in [0, 0.05) is 13.7 Å². The van der Waals surface area contributed by atoms with Crippen molar-refractivity contribution in [1.82, 2.24) is 40.9 Å². The molecule has 30 heavy (non-hydrogen) atoms. The van der Waals surface area contributed by atoms with Gasteiger partial charge in [0.15, 0.2) is 0 Å². The Labute approximate surface area is 173 Å². The lowest BCUT2D eigenvalue weighted by molar-refractivity contribution is 0.0684. The maximum absolute atomic E-state index is 10.9. The van der Waals surface area contributed by atoms with Crippen LogP contribution in [0.1, 0.15) is 10.6 Å². The number of nitrogens with zero attached hydrogens (tertiary/aromatic N) is 5. The number of ether oxygens (including phenoxy) is 1. The van der Waals surface area contributed by atoms with Gasteiger partial charge in [-0.2, -0.15) is 33.8 Å². The summed E-state index contributed by atoms with van der Waals surface area (Å²) in [7, 11) is -2.66. The van der Waals surface area contributed by atoms with Crippen LogP contribution in [-0.4, -0.2) is 87.0 Å². The van der Waals surface area contributed by atoms with Crippen molar-refractivity contribution in [3.63, 3.8) is 0 Å². The van der Waals surface area contributed by atoms with Gasteiger partial charge < -0.3 is 15.2 Å². The molecule has 7 N–H and O–H groups in total. The van der Waals surface area contributed by atoms with Gasteiger partial charge in [0.1, 0.15) is 0 Å². The number of carbonyl (C=O) groups is 1. The summed E-state index contributed by atoms with van der Waals surface area (Å²) in [5.74, 6) is -2.54. The summed E-state index contributed by atoms with van der Waals surface area (Å²) < 4.78 is 40.4. The van der Waals surface area contributed by atoms with Gasteiger partial charge in [-0.25, -0.2) is 9.08 Å². The van der Waals surface area contributed by atoms with Crippen molar-refractivity contribution < 1.29 is 31.9 Å². The fourth-order valence-corrected chi connectivity index (χ4v) is 2.43. The predicted octanol–water partition coefficient (Wildman–Crippen LogP) is -1.59. The molecule has 17 nitrogen and oxygen atoms in total. The van der Waals surface area contributed by atoms with Crippen LogP contribution in [0.15, 0.2) is 5.16 Å². The van der Waals surface area contributed by atoms with Crippen LogP contribution in [0.5, 0.6) is 0 Å². The molecular weight excluding hydrogens is 448 g/mol. The highest BCUT2D eigenvalue weighted by atomic mass is 32.2. The molecule has 2 heterocycles. The maximum atomic E-state index is 10.9. The van der Waals surface area contributed by atoms with E-state index in [-0.39, 0.29) is 36.2 Å². The van der Waals surface area contributed by atoms with Crippen molar-refractivity contribution in [3.8, 4) is 0 Å². The van der Waals surface area contributed by atoms with Crippen LogP contribution in [-0.2, 0) is 19.1 Å². The van der Waals surface area contributed by atoms with E-state index in [2.05, 4.69) is 51.6 Å². The Morgan fingerprint density at radius 3 is 2.63 bits per heavy atom. The summed E-state index contributed by atoms with van der Waals surface area (Å²) in [6, 6.07) is 0. The normalized spacial score (nSPS) is 11.4. The highest BCUT2D eigenvalue weighted by molar-refractivity contribution is 7.94. The van der Waals surface area contributed by atoms with E-state index in [1.165, 1.54) is 7.11 Å². The SMILES string of the molecule is COCNCNOSc1nc(NCCS(=O)(=O)O)nc(Nc2n[nH]c(C(=O)O)n2)n1. The molecule has 0 saturated heterocycles. The van der Waals surface area contributed by atoms with Gasteiger partial charge in [-0.1, -0.05) is 0 Å². The third-order valence-electron chi connectivity index (χ3n) is 2.79. The molecule has 0 bridgehead atoms. The van der Waals surface area contributed by atoms with E-state index in [0.29, 0.717) is 6.73 Å². The monoisotopic (exact) mass is 466 g/mol. The molecule has 0 atom stereocenters. The second kappa shape index (κ2) is 11.5. The lowest BCUT2D eigenvalue weighted by atomic mass is 10.6. The zero-order valence-corrected chi connectivity index (χ0v) is 16.9. The van der Waals surface area contributed by atoms with E-state index in [0.717, 1.165) is 12.0 Å². The average Bonchev–Trinajstić information content (AvgIpc) is 3.12. The number of carboxylic acid groups (broad SMARTS) is 1. The van der Waals surface area contributed by atoms with Crippen molar-refractivity contribution in [2.24, 2.45) is 0 Å². The summed E-state index contributed by atoms with van der Waals surface area (Å²) in [5.41, 5.74) is 2.56. The third kappa shape index (κ3) is 8.77. The van der Waals surface area contributed by atoms with Crippen LogP contribution in [0.2, 0.25) is 0 Å². The molecular formula is C11H18N10O7S2. The molecule has 166 valence electrons. The summed E-state index contributed by atoms with van der Waals surface area (Å²) in [6.45, 7) is 0.375. The second-order valence-electron chi connectivity index (χ2n) is 5.09. The van der Waals surface area contributed by atoms with E-state index >= 15 is 0 Å². The highest BCUT2D eigenvalue weighted by Crippen LogP contribution is 2.18. The summed E-state index contributed by atoms with van der Waals surface area (Å²) in [4.78, 5) is 26.6. The summed E-state index contributed by atoms with van der Waals surface area (Å²) in [6.07, 6.45) is 0. The fourth-order valence-electron chi connectivity index (χ4n) is 1.63. The van der Waals surface area contributed by atoms with Gasteiger partial charge >= 0.3 is 5.97 Å². The minimum absolute atomic E-state index is 0.0475. The van der Waals surface area contributed by atoms with Gasteiger partial charge in [0.25, 0.3) is 10.1 Å². The second-order valence-corrected chi connectivity index (χ2v) is 7.36. The first-order chi connectivity index (χ1) is 14.3. The number of aromatic nitrogens is 6. The fraction of sp³-hybridized carbons (Fsp3) is 0.455. The number of hydrogen-bond acceptors (Lipinski definition) is 15. The summed E-state index contributed by atoms with van der Waals surface area (Å²) >= 11 is 0.722. The van der Waals surface area contributed by atoms with Gasteiger partial charge in [0.05, 0.1) is 31.2 Å². The van der Waals surface area contributed by atoms with Crippen LogP contribution in [0.25, 0.3) is 0 Å². The molecule has 0 aromatic carbocycles. The van der Waals surface area contributed by atoms with Crippen molar-refractivity contribution in [2.75, 3.05) is 43.4 Å². The van der Waals surface area contributed by atoms with Gasteiger partial charge in [-0.15, -0.1) is 5.10 Å². The first-order valence-electron chi connectivity index (χ1n) is 7.90. The van der Waals surface area contributed by atoms with Crippen LogP contribution in [0, 0.1) is 0 Å². The number of anilines is 3. The highest BCUT2D eigenvalue weighted by Gasteiger charge is 2.14. The third-order valence-corrected chi connectivity index (χ3v) is 4.04. The van der Waals surface area contributed by atoms with Gasteiger partial charge in [0.2, 0.25) is 28.8 Å². The van der Waals surface area contributed by atoms with E-state index in [9.17, 15) is 13.2 Å². The Balaban J connectivity index is 2.06. The smallest absolute Gasteiger partial charge is 0.373 e. The first-order valence-corrected chi connectivity index (χ1v) is 10.3. The van der Waals surface area contributed by atoms with Crippen molar-refractivity contribution >= 4 is 46.0 Å². The number of H-pyrrole nitrogens is 1. The van der Waals surface area contributed by atoms with Gasteiger partial charge in [-0.3, -0.25) is 20.3 Å². The van der Waals surface area contributed by atoms with Gasteiger partial charge in [-0.05, 0) is 0 Å². The number of carboxylic acids is 1. The summed E-state index contributed by atoms with van der Waals surface area (Å²) in [5, 5.41) is 22.8. The molecule has 0 saturated carbocycles. The number of methoxy groups -OCH3 is 1. The first kappa shape index (κ1) is 23.6. The number of hydrogen-bond donors (Lipinski definition) is 7. The van der Waals surface area contributed by atoms with E-state index in [1.54, 1.807) is 0 Å². The Hall–Kier alpha value is -2.68. The maximum Gasteiger partial charge on any atom is 0.373 e. The molecule has 0 aliphatic rings. The molecule has 2 aromatic rings. The zero-order chi connectivity index (χ0) is 22.0. The van der Waals surface area contributed by atoms with Crippen molar-refractivity contribution in [1.29, 1.82) is 0 Å². The minimum Gasteiger partial charge on any atom is -0.475 e. The minimum atomic E-state index is -4.18. The molecule has 0 amide bonds. The Kier molecular flexibility index (Phi) is 9.04. The molecule has 2 rings (SSSR count). The molecule has 2 aromatic heterocycles. The van der Waals surface area contributed by atoms with Crippen LogP contribution in [0.3, 0.4) is 0 Å². The van der Waals surface area contributed by atoms with E-state index in [1.807, 2.05) is 0 Å². The standard InChI is InChI=1S/C11H18N10O7S2/c1-27-5-12-4-14-28-29-11-18-8(13-2-3-30(24,25)26)16-9(19-11)17-10-15-6(7(22)23)20-21-10/h12,14H,2-5H2,1H3,(H,22,23)(H,24,25,26)(H3,13,15,16,17,18,19,20,21). The van der Waals surface area contributed by atoms with E-state index in [4.69, 9.17) is 18.7 Å². The van der Waals surface area contributed by atoms with Crippen molar-refractivity contribution in [2.45, 2.75) is 5.16 Å².